The first-order chi connectivity index (χ1) is 16.1. The summed E-state index contributed by atoms with van der Waals surface area (Å²) >= 11 is 0. The van der Waals surface area contributed by atoms with E-state index in [1.807, 2.05) is 16.8 Å². The van der Waals surface area contributed by atoms with Crippen molar-refractivity contribution in [2.24, 2.45) is 5.41 Å². The summed E-state index contributed by atoms with van der Waals surface area (Å²) in [6.07, 6.45) is 10.0. The van der Waals surface area contributed by atoms with Crippen molar-refractivity contribution in [2.75, 3.05) is 20.1 Å². The largest absolute Gasteiger partial charge is 0.356 e. The molecule has 7 nitrogen and oxygen atoms in total. The van der Waals surface area contributed by atoms with Crippen LogP contribution in [0.5, 0.6) is 0 Å². The van der Waals surface area contributed by atoms with Crippen molar-refractivity contribution in [3.8, 4) is 11.4 Å². The molecule has 1 atom stereocenters. The molecule has 0 bridgehead atoms. The first-order valence-corrected chi connectivity index (χ1v) is 12.6. The number of aromatic nitrogens is 3. The van der Waals surface area contributed by atoms with Crippen molar-refractivity contribution in [3.63, 3.8) is 0 Å². The number of rotatable bonds is 7. The maximum atomic E-state index is 12.9. The number of carbonyl (C=O) groups excluding carboxylic acids is 2. The normalized spacial score (nSPS) is 18.3. The number of carbonyl (C=O) groups is 2. The third-order valence-corrected chi connectivity index (χ3v) is 7.21. The lowest BCUT2D eigenvalue weighted by atomic mass is 9.88. The minimum Gasteiger partial charge on any atom is -0.356 e. The summed E-state index contributed by atoms with van der Waals surface area (Å²) in [7, 11) is 1.87. The van der Waals surface area contributed by atoms with Crippen LogP contribution in [0.3, 0.4) is 0 Å². The molecule has 1 aliphatic carbocycles. The predicted octanol–water partition coefficient (Wildman–Crippen LogP) is 4.49. The zero-order valence-electron chi connectivity index (χ0n) is 21.3. The molecule has 0 saturated carbocycles. The van der Waals surface area contributed by atoms with Gasteiger partial charge in [-0.25, -0.2) is 0 Å². The Labute approximate surface area is 203 Å². The van der Waals surface area contributed by atoms with Gasteiger partial charge in [0.2, 0.25) is 11.8 Å². The topological polar surface area (TPSA) is 85.1 Å². The Morgan fingerprint density at radius 1 is 1.29 bits per heavy atom. The quantitative estimate of drug-likeness (QED) is 0.632. The van der Waals surface area contributed by atoms with E-state index in [9.17, 15) is 9.59 Å². The molecule has 2 N–H and O–H groups in total. The van der Waals surface area contributed by atoms with Crippen LogP contribution in [-0.2, 0) is 22.4 Å². The molecule has 34 heavy (non-hydrogen) atoms. The molecular formula is C27H39N5O2. The number of aryl methyl sites for hydroxylation is 1. The third kappa shape index (κ3) is 5.45. The Bertz CT molecular complexity index is 1070. The summed E-state index contributed by atoms with van der Waals surface area (Å²) in [5.74, 6) is 0.258. The fraction of sp³-hybridized carbons (Fsp3) is 0.593. The van der Waals surface area contributed by atoms with Gasteiger partial charge in [0.1, 0.15) is 5.69 Å². The Balaban J connectivity index is 1.41. The maximum Gasteiger partial charge on any atom is 0.224 e. The van der Waals surface area contributed by atoms with Gasteiger partial charge in [0.15, 0.2) is 0 Å². The highest BCUT2D eigenvalue weighted by molar-refractivity contribution is 5.80. The van der Waals surface area contributed by atoms with Crippen molar-refractivity contribution < 1.29 is 9.59 Å². The number of nitrogens with one attached hydrogen (secondary N) is 2. The molecule has 4 rings (SSSR count). The lowest BCUT2D eigenvalue weighted by Gasteiger charge is -2.30. The first-order valence-electron chi connectivity index (χ1n) is 12.6. The molecule has 0 aromatic carbocycles. The van der Waals surface area contributed by atoms with Crippen LogP contribution >= 0.6 is 0 Å². The summed E-state index contributed by atoms with van der Waals surface area (Å²) in [6.45, 7) is 10.2. The van der Waals surface area contributed by atoms with E-state index in [0.29, 0.717) is 19.4 Å². The molecule has 1 saturated heterocycles. The Kier molecular flexibility index (Phi) is 7.01. The number of fused-ring (bicyclic) bond motifs is 1. The van der Waals surface area contributed by atoms with Crippen LogP contribution in [0.15, 0.2) is 12.1 Å². The molecule has 184 valence electrons. The van der Waals surface area contributed by atoms with Gasteiger partial charge in [0.25, 0.3) is 0 Å². The maximum absolute atomic E-state index is 12.9. The van der Waals surface area contributed by atoms with E-state index in [2.05, 4.69) is 61.1 Å². The summed E-state index contributed by atoms with van der Waals surface area (Å²) in [6, 6.07) is 2.17. The number of hydrogen-bond donors (Lipinski definition) is 2. The number of likely N-dealkylation sites (tertiary alicyclic amines) is 1. The number of H-pyrrole nitrogens is 2. The summed E-state index contributed by atoms with van der Waals surface area (Å²) in [5.41, 5.74) is 6.98. The molecule has 0 spiro atoms. The summed E-state index contributed by atoms with van der Waals surface area (Å²) in [4.78, 5) is 32.1. The monoisotopic (exact) mass is 465 g/mol. The Hall–Kier alpha value is -2.83. The molecular weight excluding hydrogens is 426 g/mol. The standard InChI is InChI=1S/C27H39N5O2/c1-18-21(11-13-27(2,3)4)26(30-29-18)23-16-19-9-10-20(17-22(19)28-23)31(5)24(33)12-15-32-14-7-6-8-25(32)34/h9-10,16,20,28H,6-8,11-15,17H2,1-5H3,(H,29,30). The van der Waals surface area contributed by atoms with Gasteiger partial charge in [-0.2, -0.15) is 5.10 Å². The lowest BCUT2D eigenvalue weighted by molar-refractivity contribution is -0.135. The number of piperidine rings is 1. The van der Waals surface area contributed by atoms with Crippen molar-refractivity contribution in [1.82, 2.24) is 25.0 Å². The van der Waals surface area contributed by atoms with Gasteiger partial charge in [0, 0.05) is 56.4 Å². The first kappa shape index (κ1) is 24.3. The van der Waals surface area contributed by atoms with E-state index in [-0.39, 0.29) is 23.3 Å². The molecule has 2 amide bonds. The van der Waals surface area contributed by atoms with E-state index in [4.69, 9.17) is 0 Å². The van der Waals surface area contributed by atoms with Crippen LogP contribution in [-0.4, -0.2) is 63.0 Å². The summed E-state index contributed by atoms with van der Waals surface area (Å²) in [5, 5.41) is 7.78. The molecule has 1 fully saturated rings. The average Bonchev–Trinajstić information content (AvgIpc) is 3.38. The lowest BCUT2D eigenvalue weighted by Crippen LogP contribution is -2.42. The fourth-order valence-electron chi connectivity index (χ4n) is 4.89. The third-order valence-electron chi connectivity index (χ3n) is 7.21. The van der Waals surface area contributed by atoms with Gasteiger partial charge in [-0.15, -0.1) is 0 Å². The fourth-order valence-corrected chi connectivity index (χ4v) is 4.89. The van der Waals surface area contributed by atoms with E-state index < -0.39 is 0 Å². The van der Waals surface area contributed by atoms with E-state index in [1.54, 1.807) is 0 Å². The van der Waals surface area contributed by atoms with E-state index in [1.165, 1.54) is 5.56 Å². The highest BCUT2D eigenvalue weighted by Gasteiger charge is 2.26. The minimum absolute atomic E-state index is 0.00448. The molecule has 0 radical (unpaired) electrons. The van der Waals surface area contributed by atoms with Crippen molar-refractivity contribution >= 4 is 17.9 Å². The molecule has 3 heterocycles. The number of hydrogen-bond acceptors (Lipinski definition) is 3. The van der Waals surface area contributed by atoms with Gasteiger partial charge >= 0.3 is 0 Å². The smallest absolute Gasteiger partial charge is 0.224 e. The number of nitrogens with zero attached hydrogens (tertiary/aromatic N) is 3. The van der Waals surface area contributed by atoms with E-state index >= 15 is 0 Å². The SMILES string of the molecule is Cc1[nH]nc(-c2cc3c([nH]2)CC(N(C)C(=O)CCN2CCCCC2=O)C=C3)c1CCC(C)(C)C. The van der Waals surface area contributed by atoms with Crippen LogP contribution in [0.4, 0.5) is 0 Å². The minimum atomic E-state index is 0.00448. The zero-order valence-corrected chi connectivity index (χ0v) is 21.3. The average molecular weight is 466 g/mol. The van der Waals surface area contributed by atoms with Gasteiger partial charge in [-0.3, -0.25) is 14.7 Å². The van der Waals surface area contributed by atoms with Gasteiger partial charge < -0.3 is 14.8 Å². The summed E-state index contributed by atoms with van der Waals surface area (Å²) < 4.78 is 0. The number of aromatic amines is 2. The Morgan fingerprint density at radius 2 is 2.09 bits per heavy atom. The second-order valence-electron chi connectivity index (χ2n) is 11.1. The predicted molar refractivity (Wildman–Crippen MR) is 135 cm³/mol. The van der Waals surface area contributed by atoms with Gasteiger partial charge in [-0.1, -0.05) is 32.9 Å². The second kappa shape index (κ2) is 9.80. The highest BCUT2D eigenvalue weighted by Crippen LogP contribution is 2.32. The highest BCUT2D eigenvalue weighted by atomic mass is 16.2. The molecule has 1 aliphatic heterocycles. The van der Waals surface area contributed by atoms with Crippen LogP contribution in [0.2, 0.25) is 0 Å². The number of likely N-dealkylation sites (N-methyl/N-ethyl adjacent to an activating group) is 1. The molecule has 1 unspecified atom stereocenters. The molecule has 2 aromatic heterocycles. The van der Waals surface area contributed by atoms with Crippen LogP contribution in [0, 0.1) is 12.3 Å². The number of amides is 2. The molecule has 2 aromatic rings. The Morgan fingerprint density at radius 3 is 2.82 bits per heavy atom. The van der Waals surface area contributed by atoms with Crippen LogP contribution < -0.4 is 0 Å². The van der Waals surface area contributed by atoms with Crippen molar-refractivity contribution in [3.05, 3.63) is 34.7 Å². The zero-order chi connectivity index (χ0) is 24.5. The van der Waals surface area contributed by atoms with E-state index in [0.717, 1.165) is 67.0 Å². The molecule has 2 aliphatic rings. The molecule has 7 heteroatoms. The second-order valence-corrected chi connectivity index (χ2v) is 11.1. The van der Waals surface area contributed by atoms with Crippen molar-refractivity contribution in [1.29, 1.82) is 0 Å². The van der Waals surface area contributed by atoms with Gasteiger partial charge in [0.05, 0.1) is 11.7 Å². The van der Waals surface area contributed by atoms with Crippen LogP contribution in [0.1, 0.15) is 75.4 Å². The van der Waals surface area contributed by atoms with Gasteiger partial charge in [-0.05, 0) is 49.7 Å². The van der Waals surface area contributed by atoms with Crippen molar-refractivity contribution in [2.45, 2.75) is 78.7 Å². The van der Waals surface area contributed by atoms with Crippen LogP contribution in [0.25, 0.3) is 17.5 Å².